The second-order valence-corrected chi connectivity index (χ2v) is 8.34. The van der Waals surface area contributed by atoms with Crippen LogP contribution in [0.4, 0.5) is 0 Å². The molecule has 3 atom stereocenters. The van der Waals surface area contributed by atoms with E-state index in [2.05, 4.69) is 42.0 Å². The predicted molar refractivity (Wildman–Crippen MR) is 97.3 cm³/mol. The smallest absolute Gasteiger partial charge is 0.238 e. The van der Waals surface area contributed by atoms with Gasteiger partial charge in [0.25, 0.3) is 0 Å². The number of hydrogen-bond acceptors (Lipinski definition) is 4. The first kappa shape index (κ1) is 16.0. The van der Waals surface area contributed by atoms with Crippen molar-refractivity contribution in [1.82, 2.24) is 10.2 Å². The highest BCUT2D eigenvalue weighted by atomic mass is 32.2. The molecule has 1 amide bonds. The summed E-state index contributed by atoms with van der Waals surface area (Å²) in [5.74, 6) is 1.37. The lowest BCUT2D eigenvalue weighted by Crippen LogP contribution is -2.38. The summed E-state index contributed by atoms with van der Waals surface area (Å²) in [4.78, 5) is 14.5. The van der Waals surface area contributed by atoms with Gasteiger partial charge < -0.3 is 15.0 Å². The molecule has 5 heteroatoms. The summed E-state index contributed by atoms with van der Waals surface area (Å²) in [7, 11) is 2.15. The molecule has 128 valence electrons. The van der Waals surface area contributed by atoms with E-state index in [-0.39, 0.29) is 11.2 Å². The van der Waals surface area contributed by atoms with Crippen LogP contribution in [0.1, 0.15) is 36.3 Å². The summed E-state index contributed by atoms with van der Waals surface area (Å²) >= 11 is 1.58. The normalized spacial score (nSPS) is 30.3. The maximum atomic E-state index is 12.1. The van der Waals surface area contributed by atoms with Crippen molar-refractivity contribution in [3.05, 3.63) is 40.9 Å². The Morgan fingerprint density at radius 2 is 2.25 bits per heavy atom. The molecule has 3 unspecified atom stereocenters. The van der Waals surface area contributed by atoms with Gasteiger partial charge in [0.2, 0.25) is 5.91 Å². The number of fused-ring (bicyclic) bond motifs is 1. The molecular weight excluding hydrogens is 320 g/mol. The summed E-state index contributed by atoms with van der Waals surface area (Å²) in [6.07, 6.45) is 4.68. The Balaban J connectivity index is 1.48. The first-order valence-electron chi connectivity index (χ1n) is 8.74. The van der Waals surface area contributed by atoms with Crippen molar-refractivity contribution in [2.75, 3.05) is 20.1 Å². The lowest BCUT2D eigenvalue weighted by atomic mass is 9.97. The molecule has 1 N–H and O–H groups in total. The third-order valence-corrected chi connectivity index (χ3v) is 6.46. The van der Waals surface area contributed by atoms with E-state index in [1.165, 1.54) is 17.5 Å². The number of hydrogen-bond donors (Lipinski definition) is 1. The number of amides is 1. The molecule has 2 fully saturated rings. The van der Waals surface area contributed by atoms with Gasteiger partial charge >= 0.3 is 0 Å². The predicted octanol–water partition coefficient (Wildman–Crippen LogP) is 2.89. The molecule has 0 radical (unpaired) electrons. The Labute approximate surface area is 147 Å². The molecular formula is C19H24N2O2S. The summed E-state index contributed by atoms with van der Waals surface area (Å²) in [6.45, 7) is 6.04. The summed E-state index contributed by atoms with van der Waals surface area (Å²) in [5, 5.41) is 3.59. The lowest BCUT2D eigenvalue weighted by molar-refractivity contribution is -0.119. The van der Waals surface area contributed by atoms with E-state index in [1.807, 2.05) is 0 Å². The van der Waals surface area contributed by atoms with E-state index in [0.717, 1.165) is 43.1 Å². The SMILES string of the molecule is C=C1NC(=O)C(C2CCc3cc(OC4CCCN(C)C4)ccc32)S1. The van der Waals surface area contributed by atoms with Gasteiger partial charge in [0.05, 0.1) is 10.3 Å². The van der Waals surface area contributed by atoms with Crippen LogP contribution >= 0.6 is 11.8 Å². The van der Waals surface area contributed by atoms with Gasteiger partial charge in [-0.1, -0.05) is 24.4 Å². The quantitative estimate of drug-likeness (QED) is 0.915. The van der Waals surface area contributed by atoms with Gasteiger partial charge in [-0.15, -0.1) is 0 Å². The first-order chi connectivity index (χ1) is 11.6. The third-order valence-electron chi connectivity index (χ3n) is 5.28. The highest BCUT2D eigenvalue weighted by molar-refractivity contribution is 8.04. The molecule has 1 aliphatic carbocycles. The second-order valence-electron chi connectivity index (χ2n) is 7.10. The van der Waals surface area contributed by atoms with Crippen LogP contribution in [0.3, 0.4) is 0 Å². The molecule has 4 rings (SSSR count). The molecule has 2 aliphatic heterocycles. The summed E-state index contributed by atoms with van der Waals surface area (Å²) in [5.41, 5.74) is 2.65. The van der Waals surface area contributed by atoms with Gasteiger partial charge in [-0.25, -0.2) is 0 Å². The number of likely N-dealkylation sites (N-methyl/N-ethyl adjacent to an activating group) is 1. The van der Waals surface area contributed by atoms with E-state index < -0.39 is 0 Å². The maximum Gasteiger partial charge on any atom is 0.238 e. The third kappa shape index (κ3) is 3.07. The molecule has 0 bridgehead atoms. The Morgan fingerprint density at radius 3 is 3.00 bits per heavy atom. The molecule has 3 aliphatic rings. The lowest BCUT2D eigenvalue weighted by Gasteiger charge is -2.30. The maximum absolute atomic E-state index is 12.1. The number of carbonyl (C=O) groups excluding carboxylic acids is 1. The number of aryl methyl sites for hydroxylation is 1. The van der Waals surface area contributed by atoms with E-state index >= 15 is 0 Å². The minimum Gasteiger partial charge on any atom is -0.489 e. The average Bonchev–Trinajstić information content (AvgIpc) is 3.09. The minimum absolute atomic E-state index is 0.0301. The van der Waals surface area contributed by atoms with Crippen LogP contribution in [0.5, 0.6) is 5.75 Å². The van der Waals surface area contributed by atoms with Crippen molar-refractivity contribution in [3.8, 4) is 5.75 Å². The molecule has 4 nitrogen and oxygen atoms in total. The fourth-order valence-electron chi connectivity index (χ4n) is 4.13. The topological polar surface area (TPSA) is 41.6 Å². The largest absolute Gasteiger partial charge is 0.489 e. The zero-order chi connectivity index (χ0) is 16.7. The van der Waals surface area contributed by atoms with Crippen molar-refractivity contribution in [3.63, 3.8) is 0 Å². The van der Waals surface area contributed by atoms with Crippen LogP contribution in [0.2, 0.25) is 0 Å². The molecule has 2 heterocycles. The van der Waals surface area contributed by atoms with Crippen LogP contribution in [0.25, 0.3) is 0 Å². The van der Waals surface area contributed by atoms with E-state index in [4.69, 9.17) is 4.74 Å². The fourth-order valence-corrected chi connectivity index (χ4v) is 5.21. The Bertz CT molecular complexity index is 675. The number of thioether (sulfide) groups is 1. The Morgan fingerprint density at radius 1 is 1.38 bits per heavy atom. The summed E-state index contributed by atoms with van der Waals surface area (Å²) < 4.78 is 6.21. The molecule has 0 aromatic heterocycles. The number of likely N-dealkylation sites (tertiary alicyclic amines) is 1. The number of nitrogens with zero attached hydrogens (tertiary/aromatic N) is 1. The van der Waals surface area contributed by atoms with Crippen LogP contribution in [0, 0.1) is 0 Å². The molecule has 1 aromatic rings. The van der Waals surface area contributed by atoms with Gasteiger partial charge in [-0.2, -0.15) is 0 Å². The van der Waals surface area contributed by atoms with Crippen molar-refractivity contribution < 1.29 is 9.53 Å². The standard InChI is InChI=1S/C19H24N2O2S/c1-12-20-19(22)18(24-12)17-7-5-13-10-14(6-8-16(13)17)23-15-4-3-9-21(2)11-15/h6,8,10,15,17-18H,1,3-5,7,9,11H2,2H3,(H,20,22). The average molecular weight is 344 g/mol. The van der Waals surface area contributed by atoms with Gasteiger partial charge in [-0.05, 0) is 62.5 Å². The number of rotatable bonds is 3. The van der Waals surface area contributed by atoms with E-state index in [9.17, 15) is 4.79 Å². The fraction of sp³-hybridized carbons (Fsp3) is 0.526. The number of ether oxygens (including phenoxy) is 1. The van der Waals surface area contributed by atoms with E-state index in [0.29, 0.717) is 12.0 Å². The van der Waals surface area contributed by atoms with Gasteiger partial charge in [0.15, 0.2) is 0 Å². The van der Waals surface area contributed by atoms with Crippen LogP contribution in [0.15, 0.2) is 29.8 Å². The van der Waals surface area contributed by atoms with Crippen LogP contribution < -0.4 is 10.1 Å². The van der Waals surface area contributed by atoms with Gasteiger partial charge in [0.1, 0.15) is 11.9 Å². The monoisotopic (exact) mass is 344 g/mol. The number of carbonyl (C=O) groups is 1. The van der Waals surface area contributed by atoms with Crippen molar-refractivity contribution in [2.45, 2.75) is 43.0 Å². The highest BCUT2D eigenvalue weighted by Gasteiger charge is 2.39. The highest BCUT2D eigenvalue weighted by Crippen LogP contribution is 2.44. The molecule has 0 saturated carbocycles. The second kappa shape index (κ2) is 6.45. The van der Waals surface area contributed by atoms with Crippen molar-refractivity contribution >= 4 is 17.7 Å². The number of piperidine rings is 1. The van der Waals surface area contributed by atoms with Crippen LogP contribution in [-0.2, 0) is 11.2 Å². The van der Waals surface area contributed by atoms with Crippen LogP contribution in [-0.4, -0.2) is 42.3 Å². The zero-order valence-corrected chi connectivity index (χ0v) is 14.9. The zero-order valence-electron chi connectivity index (χ0n) is 14.1. The molecule has 2 saturated heterocycles. The minimum atomic E-state index is -0.0301. The molecule has 24 heavy (non-hydrogen) atoms. The Hall–Kier alpha value is -1.46. The number of nitrogens with one attached hydrogen (secondary N) is 1. The van der Waals surface area contributed by atoms with E-state index in [1.54, 1.807) is 11.8 Å². The van der Waals surface area contributed by atoms with Crippen molar-refractivity contribution in [2.24, 2.45) is 0 Å². The first-order valence-corrected chi connectivity index (χ1v) is 9.62. The number of benzene rings is 1. The van der Waals surface area contributed by atoms with Gasteiger partial charge in [0, 0.05) is 12.5 Å². The van der Waals surface area contributed by atoms with Gasteiger partial charge in [-0.3, -0.25) is 4.79 Å². The molecule has 1 aromatic carbocycles. The molecule has 0 spiro atoms. The van der Waals surface area contributed by atoms with Crippen molar-refractivity contribution in [1.29, 1.82) is 0 Å². The summed E-state index contributed by atoms with van der Waals surface area (Å²) in [6, 6.07) is 6.44. The Kier molecular flexibility index (Phi) is 4.31.